The molecule has 0 radical (unpaired) electrons. The third-order valence-corrected chi connectivity index (χ3v) is 4.17. The first kappa shape index (κ1) is 13.3. The number of hydrogen-bond acceptors (Lipinski definition) is 2. The molecule has 2 nitrogen and oxygen atoms in total. The zero-order valence-corrected chi connectivity index (χ0v) is 12.3. The van der Waals surface area contributed by atoms with E-state index in [2.05, 4.69) is 29.6 Å². The molecule has 0 heterocycles. The Labute approximate surface area is 124 Å². The molecule has 0 bridgehead atoms. The standard InChI is InChI=1S/C17H18ClNO/c1-20-17-11-13(9-10-15(17)18)19-16-8-4-6-12-5-2-3-7-14(12)16/h2-3,5,7,9-11,16,19H,4,6,8H2,1H3. The molecular formula is C17H18ClNO. The lowest BCUT2D eigenvalue weighted by molar-refractivity contribution is 0.415. The predicted molar refractivity (Wildman–Crippen MR) is 83.7 cm³/mol. The maximum Gasteiger partial charge on any atom is 0.139 e. The summed E-state index contributed by atoms with van der Waals surface area (Å²) < 4.78 is 5.27. The molecule has 104 valence electrons. The summed E-state index contributed by atoms with van der Waals surface area (Å²) in [4.78, 5) is 0. The second kappa shape index (κ2) is 5.76. The quantitative estimate of drug-likeness (QED) is 0.872. The summed E-state index contributed by atoms with van der Waals surface area (Å²) in [5.41, 5.74) is 3.91. The van der Waals surface area contributed by atoms with Crippen molar-refractivity contribution in [1.82, 2.24) is 0 Å². The Morgan fingerprint density at radius 2 is 2.05 bits per heavy atom. The van der Waals surface area contributed by atoms with Crippen LogP contribution in [0.3, 0.4) is 0 Å². The fourth-order valence-electron chi connectivity index (χ4n) is 2.85. The molecular weight excluding hydrogens is 270 g/mol. The molecule has 0 saturated heterocycles. The van der Waals surface area contributed by atoms with E-state index in [-0.39, 0.29) is 0 Å². The minimum Gasteiger partial charge on any atom is -0.495 e. The molecule has 2 aromatic rings. The van der Waals surface area contributed by atoms with Crippen LogP contribution in [0.4, 0.5) is 5.69 Å². The second-order valence-corrected chi connectivity index (χ2v) is 5.54. The summed E-state index contributed by atoms with van der Waals surface area (Å²) in [7, 11) is 1.64. The zero-order chi connectivity index (χ0) is 13.9. The van der Waals surface area contributed by atoms with Gasteiger partial charge < -0.3 is 10.1 Å². The van der Waals surface area contributed by atoms with Crippen LogP contribution in [0, 0.1) is 0 Å². The van der Waals surface area contributed by atoms with Gasteiger partial charge in [-0.05, 0) is 42.5 Å². The zero-order valence-electron chi connectivity index (χ0n) is 11.5. The van der Waals surface area contributed by atoms with Gasteiger partial charge in [0.15, 0.2) is 0 Å². The molecule has 0 saturated carbocycles. The number of hydrogen-bond donors (Lipinski definition) is 1. The Morgan fingerprint density at radius 1 is 1.20 bits per heavy atom. The minimum atomic E-state index is 0.367. The lowest BCUT2D eigenvalue weighted by Crippen LogP contribution is -2.17. The van der Waals surface area contributed by atoms with Gasteiger partial charge in [0.05, 0.1) is 18.2 Å². The highest BCUT2D eigenvalue weighted by Crippen LogP contribution is 2.34. The molecule has 0 amide bonds. The number of fused-ring (bicyclic) bond motifs is 1. The van der Waals surface area contributed by atoms with E-state index in [1.165, 1.54) is 24.0 Å². The molecule has 3 rings (SSSR count). The maximum absolute atomic E-state index is 6.07. The monoisotopic (exact) mass is 287 g/mol. The van der Waals surface area contributed by atoms with Crippen LogP contribution in [0.15, 0.2) is 42.5 Å². The highest BCUT2D eigenvalue weighted by molar-refractivity contribution is 6.32. The van der Waals surface area contributed by atoms with E-state index in [0.29, 0.717) is 16.8 Å². The van der Waals surface area contributed by atoms with Crippen LogP contribution in [0.5, 0.6) is 5.75 Å². The van der Waals surface area contributed by atoms with E-state index in [4.69, 9.17) is 16.3 Å². The lowest BCUT2D eigenvalue weighted by atomic mass is 9.87. The Kier molecular flexibility index (Phi) is 3.83. The van der Waals surface area contributed by atoms with E-state index in [1.807, 2.05) is 18.2 Å². The highest BCUT2D eigenvalue weighted by Gasteiger charge is 2.19. The lowest BCUT2D eigenvalue weighted by Gasteiger charge is -2.27. The van der Waals surface area contributed by atoms with Gasteiger partial charge in [0.1, 0.15) is 5.75 Å². The van der Waals surface area contributed by atoms with Crippen LogP contribution in [0.1, 0.15) is 30.0 Å². The van der Waals surface area contributed by atoms with Gasteiger partial charge in [-0.15, -0.1) is 0 Å². The summed E-state index contributed by atoms with van der Waals surface area (Å²) in [5.74, 6) is 0.709. The Bertz CT molecular complexity index is 612. The second-order valence-electron chi connectivity index (χ2n) is 5.14. The van der Waals surface area contributed by atoms with Gasteiger partial charge >= 0.3 is 0 Å². The average molecular weight is 288 g/mol. The summed E-state index contributed by atoms with van der Waals surface area (Å²) in [6.45, 7) is 0. The van der Waals surface area contributed by atoms with Gasteiger partial charge in [-0.3, -0.25) is 0 Å². The van der Waals surface area contributed by atoms with Crippen molar-refractivity contribution in [3.8, 4) is 5.75 Å². The van der Waals surface area contributed by atoms with Gasteiger partial charge in [-0.1, -0.05) is 35.9 Å². The fraction of sp³-hybridized carbons (Fsp3) is 0.294. The van der Waals surface area contributed by atoms with Crippen LogP contribution >= 0.6 is 11.6 Å². The van der Waals surface area contributed by atoms with Gasteiger partial charge in [0.2, 0.25) is 0 Å². The van der Waals surface area contributed by atoms with Crippen LogP contribution in [0.2, 0.25) is 5.02 Å². The summed E-state index contributed by atoms with van der Waals surface area (Å²) in [6, 6.07) is 14.9. The van der Waals surface area contributed by atoms with Crippen molar-refractivity contribution in [2.45, 2.75) is 25.3 Å². The van der Waals surface area contributed by atoms with Crippen molar-refractivity contribution >= 4 is 17.3 Å². The molecule has 2 aromatic carbocycles. The van der Waals surface area contributed by atoms with Crippen molar-refractivity contribution < 1.29 is 4.74 Å². The van der Waals surface area contributed by atoms with Crippen LogP contribution in [0.25, 0.3) is 0 Å². The van der Waals surface area contributed by atoms with E-state index in [9.17, 15) is 0 Å². The molecule has 20 heavy (non-hydrogen) atoms. The molecule has 1 N–H and O–H groups in total. The van der Waals surface area contributed by atoms with Crippen molar-refractivity contribution in [2.75, 3.05) is 12.4 Å². The van der Waals surface area contributed by atoms with Gasteiger partial charge in [-0.25, -0.2) is 0 Å². The third-order valence-electron chi connectivity index (χ3n) is 3.86. The summed E-state index contributed by atoms with van der Waals surface area (Å²) in [6.07, 6.45) is 3.56. The normalized spacial score (nSPS) is 17.4. The molecule has 0 fully saturated rings. The smallest absolute Gasteiger partial charge is 0.139 e. The summed E-state index contributed by atoms with van der Waals surface area (Å²) >= 11 is 6.07. The van der Waals surface area contributed by atoms with Gasteiger partial charge in [-0.2, -0.15) is 0 Å². The fourth-order valence-corrected chi connectivity index (χ4v) is 3.05. The number of aryl methyl sites for hydroxylation is 1. The van der Waals surface area contributed by atoms with Gasteiger partial charge in [0, 0.05) is 11.8 Å². The molecule has 1 aliphatic carbocycles. The van der Waals surface area contributed by atoms with Crippen molar-refractivity contribution in [2.24, 2.45) is 0 Å². The first-order chi connectivity index (χ1) is 9.78. The van der Waals surface area contributed by atoms with E-state index < -0.39 is 0 Å². The van der Waals surface area contributed by atoms with Crippen LogP contribution < -0.4 is 10.1 Å². The highest BCUT2D eigenvalue weighted by atomic mass is 35.5. The van der Waals surface area contributed by atoms with Gasteiger partial charge in [0.25, 0.3) is 0 Å². The topological polar surface area (TPSA) is 21.3 Å². The average Bonchev–Trinajstić information content (AvgIpc) is 2.49. The number of methoxy groups -OCH3 is 1. The molecule has 0 spiro atoms. The Hall–Kier alpha value is -1.67. The van der Waals surface area contributed by atoms with Crippen molar-refractivity contribution in [1.29, 1.82) is 0 Å². The summed E-state index contributed by atoms with van der Waals surface area (Å²) in [5, 5.41) is 4.24. The number of halogens is 1. The number of rotatable bonds is 3. The number of benzene rings is 2. The number of ether oxygens (including phenoxy) is 1. The van der Waals surface area contributed by atoms with Crippen molar-refractivity contribution in [3.63, 3.8) is 0 Å². The third kappa shape index (κ3) is 2.61. The number of nitrogens with one attached hydrogen (secondary N) is 1. The molecule has 0 aromatic heterocycles. The van der Waals surface area contributed by atoms with Crippen molar-refractivity contribution in [3.05, 3.63) is 58.6 Å². The first-order valence-corrected chi connectivity index (χ1v) is 7.33. The van der Waals surface area contributed by atoms with E-state index >= 15 is 0 Å². The van der Waals surface area contributed by atoms with Crippen LogP contribution in [-0.2, 0) is 6.42 Å². The predicted octanol–water partition coefficient (Wildman–Crippen LogP) is 4.84. The molecule has 0 aliphatic heterocycles. The largest absolute Gasteiger partial charge is 0.495 e. The van der Waals surface area contributed by atoms with E-state index in [1.54, 1.807) is 7.11 Å². The maximum atomic E-state index is 6.07. The Balaban J connectivity index is 1.85. The minimum absolute atomic E-state index is 0.367. The molecule has 1 unspecified atom stereocenters. The molecule has 1 atom stereocenters. The first-order valence-electron chi connectivity index (χ1n) is 6.96. The molecule has 3 heteroatoms. The number of anilines is 1. The van der Waals surface area contributed by atoms with E-state index in [0.717, 1.165) is 12.1 Å². The van der Waals surface area contributed by atoms with Crippen LogP contribution in [-0.4, -0.2) is 7.11 Å². The Morgan fingerprint density at radius 3 is 2.90 bits per heavy atom. The molecule has 1 aliphatic rings. The SMILES string of the molecule is COc1cc(NC2CCCc3ccccc32)ccc1Cl.